The molecule has 0 unspecified atom stereocenters. The summed E-state index contributed by atoms with van der Waals surface area (Å²) in [6, 6.07) is 5.68. The van der Waals surface area contributed by atoms with Gasteiger partial charge in [-0.1, -0.05) is 6.07 Å². The SMILES string of the molecule is O=C(c1cc[nH]c1)N(CCO)Cc1cccs1. The smallest absolute Gasteiger partial charge is 0.255 e. The van der Waals surface area contributed by atoms with E-state index in [-0.39, 0.29) is 12.5 Å². The van der Waals surface area contributed by atoms with Gasteiger partial charge in [0.1, 0.15) is 0 Å². The maximum Gasteiger partial charge on any atom is 0.255 e. The first kappa shape index (κ1) is 11.9. The van der Waals surface area contributed by atoms with E-state index < -0.39 is 0 Å². The van der Waals surface area contributed by atoms with E-state index in [1.165, 1.54) is 0 Å². The molecule has 0 saturated carbocycles. The van der Waals surface area contributed by atoms with Gasteiger partial charge in [-0.05, 0) is 17.5 Å². The molecule has 2 heterocycles. The topological polar surface area (TPSA) is 56.3 Å². The third-order valence-corrected chi connectivity index (χ3v) is 3.29. The summed E-state index contributed by atoms with van der Waals surface area (Å²) in [5.41, 5.74) is 0.620. The molecule has 0 aliphatic heterocycles. The van der Waals surface area contributed by atoms with Gasteiger partial charge in [-0.15, -0.1) is 11.3 Å². The van der Waals surface area contributed by atoms with Crippen molar-refractivity contribution in [3.05, 3.63) is 46.4 Å². The minimum atomic E-state index is -0.0614. The summed E-state index contributed by atoms with van der Waals surface area (Å²) in [4.78, 5) is 17.7. The minimum absolute atomic E-state index is 0.0263. The van der Waals surface area contributed by atoms with Crippen LogP contribution in [0.2, 0.25) is 0 Å². The van der Waals surface area contributed by atoms with E-state index in [1.54, 1.807) is 34.7 Å². The Hall–Kier alpha value is -1.59. The molecule has 1 amide bonds. The van der Waals surface area contributed by atoms with Crippen LogP contribution < -0.4 is 0 Å². The quantitative estimate of drug-likeness (QED) is 0.848. The highest BCUT2D eigenvalue weighted by Crippen LogP contribution is 2.14. The van der Waals surface area contributed by atoms with Crippen LogP contribution in [0.1, 0.15) is 15.2 Å². The van der Waals surface area contributed by atoms with Gasteiger partial charge in [-0.25, -0.2) is 0 Å². The van der Waals surface area contributed by atoms with Crippen molar-refractivity contribution >= 4 is 17.2 Å². The highest BCUT2D eigenvalue weighted by Gasteiger charge is 2.16. The monoisotopic (exact) mass is 250 g/mol. The lowest BCUT2D eigenvalue weighted by Gasteiger charge is -2.20. The van der Waals surface area contributed by atoms with Gasteiger partial charge < -0.3 is 15.0 Å². The van der Waals surface area contributed by atoms with Gasteiger partial charge in [-0.3, -0.25) is 4.79 Å². The first-order valence-electron chi connectivity index (χ1n) is 5.36. The molecule has 5 heteroatoms. The molecule has 0 aliphatic carbocycles. The molecule has 0 fully saturated rings. The summed E-state index contributed by atoms with van der Waals surface area (Å²) in [5.74, 6) is -0.0614. The van der Waals surface area contributed by atoms with Crippen molar-refractivity contribution in [1.29, 1.82) is 0 Å². The number of H-pyrrole nitrogens is 1. The normalized spacial score (nSPS) is 10.4. The van der Waals surface area contributed by atoms with Crippen molar-refractivity contribution in [2.45, 2.75) is 6.54 Å². The van der Waals surface area contributed by atoms with E-state index >= 15 is 0 Å². The van der Waals surface area contributed by atoms with E-state index in [4.69, 9.17) is 5.11 Å². The second-order valence-corrected chi connectivity index (χ2v) is 4.66. The standard InChI is InChI=1S/C12H14N2O2S/c15-6-5-14(9-11-2-1-7-17-11)12(16)10-3-4-13-8-10/h1-4,7-8,13,15H,5-6,9H2. The highest BCUT2D eigenvalue weighted by molar-refractivity contribution is 7.09. The maximum absolute atomic E-state index is 12.1. The molecular formula is C12H14N2O2S. The third kappa shape index (κ3) is 2.95. The average molecular weight is 250 g/mol. The van der Waals surface area contributed by atoms with Gasteiger partial charge >= 0.3 is 0 Å². The number of nitrogens with one attached hydrogen (secondary N) is 1. The predicted molar refractivity (Wildman–Crippen MR) is 66.9 cm³/mol. The van der Waals surface area contributed by atoms with Crippen LogP contribution in [0, 0.1) is 0 Å². The molecule has 0 atom stereocenters. The Labute approximate surface area is 104 Å². The molecule has 2 aromatic heterocycles. The molecule has 2 rings (SSSR count). The number of amides is 1. The minimum Gasteiger partial charge on any atom is -0.395 e. The predicted octanol–water partition coefficient (Wildman–Crippen LogP) is 1.71. The van der Waals surface area contributed by atoms with Crippen molar-refractivity contribution in [3.63, 3.8) is 0 Å². The van der Waals surface area contributed by atoms with Crippen molar-refractivity contribution < 1.29 is 9.90 Å². The number of aliphatic hydroxyl groups excluding tert-OH is 1. The molecule has 2 aromatic rings. The van der Waals surface area contributed by atoms with Crippen molar-refractivity contribution in [2.75, 3.05) is 13.2 Å². The zero-order valence-electron chi connectivity index (χ0n) is 9.30. The van der Waals surface area contributed by atoms with E-state index in [0.29, 0.717) is 18.7 Å². The number of aromatic nitrogens is 1. The summed E-state index contributed by atoms with van der Waals surface area (Å²) in [7, 11) is 0. The molecule has 0 radical (unpaired) electrons. The van der Waals surface area contributed by atoms with Crippen LogP contribution in [-0.2, 0) is 6.54 Å². The molecule has 4 nitrogen and oxygen atoms in total. The van der Waals surface area contributed by atoms with E-state index in [1.807, 2.05) is 17.5 Å². The van der Waals surface area contributed by atoms with Crippen LogP contribution in [0.5, 0.6) is 0 Å². The van der Waals surface area contributed by atoms with Crippen molar-refractivity contribution in [1.82, 2.24) is 9.88 Å². The lowest BCUT2D eigenvalue weighted by Crippen LogP contribution is -2.32. The van der Waals surface area contributed by atoms with E-state index in [0.717, 1.165) is 4.88 Å². The fourth-order valence-electron chi connectivity index (χ4n) is 1.60. The van der Waals surface area contributed by atoms with Gasteiger partial charge in [0.2, 0.25) is 0 Å². The van der Waals surface area contributed by atoms with Gasteiger partial charge in [0.25, 0.3) is 5.91 Å². The number of nitrogens with zero attached hydrogens (tertiary/aromatic N) is 1. The summed E-state index contributed by atoms with van der Waals surface area (Å²) >= 11 is 1.61. The highest BCUT2D eigenvalue weighted by atomic mass is 32.1. The number of rotatable bonds is 5. The Bertz CT molecular complexity index is 451. The molecule has 0 aromatic carbocycles. The summed E-state index contributed by atoms with van der Waals surface area (Å²) in [6.07, 6.45) is 3.39. The first-order valence-corrected chi connectivity index (χ1v) is 6.24. The lowest BCUT2D eigenvalue weighted by molar-refractivity contribution is 0.0710. The van der Waals surface area contributed by atoms with Crippen LogP contribution in [0.4, 0.5) is 0 Å². The van der Waals surface area contributed by atoms with Crippen LogP contribution in [-0.4, -0.2) is 34.0 Å². The zero-order valence-corrected chi connectivity index (χ0v) is 10.1. The summed E-state index contributed by atoms with van der Waals surface area (Å²) in [6.45, 7) is 0.867. The molecule has 2 N–H and O–H groups in total. The fourth-order valence-corrected chi connectivity index (χ4v) is 2.32. The molecule has 0 saturated heterocycles. The number of carbonyl (C=O) groups is 1. The van der Waals surface area contributed by atoms with Gasteiger partial charge in [-0.2, -0.15) is 0 Å². The zero-order chi connectivity index (χ0) is 12.1. The van der Waals surface area contributed by atoms with Crippen molar-refractivity contribution in [3.8, 4) is 0 Å². The Balaban J connectivity index is 2.09. The van der Waals surface area contributed by atoms with Gasteiger partial charge in [0.15, 0.2) is 0 Å². The van der Waals surface area contributed by atoms with Crippen LogP contribution >= 0.6 is 11.3 Å². The Morgan fingerprint density at radius 3 is 2.94 bits per heavy atom. The number of carbonyl (C=O) groups excluding carboxylic acids is 1. The number of hydrogen-bond donors (Lipinski definition) is 2. The Morgan fingerprint density at radius 1 is 1.47 bits per heavy atom. The van der Waals surface area contributed by atoms with Crippen LogP contribution in [0.15, 0.2) is 36.0 Å². The number of aromatic amines is 1. The average Bonchev–Trinajstić information content (AvgIpc) is 3.00. The number of thiophene rings is 1. The molecule has 17 heavy (non-hydrogen) atoms. The van der Waals surface area contributed by atoms with Gasteiger partial charge in [0.05, 0.1) is 18.7 Å². The maximum atomic E-state index is 12.1. The lowest BCUT2D eigenvalue weighted by atomic mass is 10.3. The molecule has 0 aliphatic rings. The molecule has 90 valence electrons. The molecule has 0 bridgehead atoms. The Morgan fingerprint density at radius 2 is 2.35 bits per heavy atom. The van der Waals surface area contributed by atoms with Crippen LogP contribution in [0.25, 0.3) is 0 Å². The Kier molecular flexibility index (Phi) is 3.95. The van der Waals surface area contributed by atoms with E-state index in [9.17, 15) is 4.79 Å². The fraction of sp³-hybridized carbons (Fsp3) is 0.250. The third-order valence-electron chi connectivity index (χ3n) is 2.43. The summed E-state index contributed by atoms with van der Waals surface area (Å²) < 4.78 is 0. The van der Waals surface area contributed by atoms with Gasteiger partial charge in [0, 0.05) is 23.8 Å². The second kappa shape index (κ2) is 5.65. The van der Waals surface area contributed by atoms with Crippen molar-refractivity contribution in [2.24, 2.45) is 0 Å². The summed E-state index contributed by atoms with van der Waals surface area (Å²) in [5, 5.41) is 11.0. The first-order chi connectivity index (χ1) is 8.31. The molecule has 0 spiro atoms. The van der Waals surface area contributed by atoms with Crippen LogP contribution in [0.3, 0.4) is 0 Å². The van der Waals surface area contributed by atoms with E-state index in [2.05, 4.69) is 4.98 Å². The molecular weight excluding hydrogens is 236 g/mol. The number of aliphatic hydroxyl groups is 1. The largest absolute Gasteiger partial charge is 0.395 e. The number of hydrogen-bond acceptors (Lipinski definition) is 3. The second-order valence-electron chi connectivity index (χ2n) is 3.63.